The summed E-state index contributed by atoms with van der Waals surface area (Å²) in [6.45, 7) is 3.93. The predicted molar refractivity (Wildman–Crippen MR) is 119 cm³/mol. The van der Waals surface area contributed by atoms with Gasteiger partial charge in [0, 0.05) is 35.3 Å². The molecule has 0 bridgehead atoms. The van der Waals surface area contributed by atoms with E-state index in [0.29, 0.717) is 0 Å². The monoisotopic (exact) mass is 452 g/mol. The van der Waals surface area contributed by atoms with Crippen molar-refractivity contribution < 1.29 is 0 Å². The average Bonchev–Trinajstić information content (AvgIpc) is 3.35. The Bertz CT molecular complexity index is 1090. The number of aryl methyl sites for hydroxylation is 2. The molecule has 0 atom stereocenters. The van der Waals surface area contributed by atoms with E-state index in [0.717, 1.165) is 34.5 Å². The number of thiazole rings is 1. The Morgan fingerprint density at radius 3 is 2.54 bits per heavy atom. The van der Waals surface area contributed by atoms with Crippen molar-refractivity contribution in [2.75, 3.05) is 0 Å². The van der Waals surface area contributed by atoms with Crippen LogP contribution < -0.4 is 4.80 Å². The van der Waals surface area contributed by atoms with Crippen molar-refractivity contribution in [3.63, 3.8) is 0 Å². The Morgan fingerprint density at radius 2 is 1.82 bits per heavy atom. The largest absolute Gasteiger partial charge is 0.337 e. The zero-order valence-corrected chi connectivity index (χ0v) is 18.0. The maximum atomic E-state index is 4.91. The summed E-state index contributed by atoms with van der Waals surface area (Å²) in [6.07, 6.45) is 6.71. The van der Waals surface area contributed by atoms with Gasteiger partial charge in [0.2, 0.25) is 0 Å². The van der Waals surface area contributed by atoms with E-state index in [1.54, 1.807) is 11.3 Å². The van der Waals surface area contributed by atoms with Gasteiger partial charge in [-0.15, -0.1) is 11.3 Å². The van der Waals surface area contributed by atoms with Crippen molar-refractivity contribution in [1.82, 2.24) is 14.1 Å². The summed E-state index contributed by atoms with van der Waals surface area (Å²) >= 11 is 5.21. The Balaban J connectivity index is 1.68. The lowest BCUT2D eigenvalue weighted by atomic mass is 10.2. The summed E-state index contributed by atoms with van der Waals surface area (Å²) in [6, 6.07) is 16.8. The van der Waals surface area contributed by atoms with Crippen LogP contribution in [-0.4, -0.2) is 14.1 Å². The van der Waals surface area contributed by atoms with Gasteiger partial charge in [0.15, 0.2) is 4.80 Å². The number of halogens is 1. The molecular weight excluding hydrogens is 432 g/mol. The van der Waals surface area contributed by atoms with E-state index in [-0.39, 0.29) is 0 Å². The molecule has 0 amide bonds. The lowest BCUT2D eigenvalue weighted by Gasteiger charge is -2.10. The fraction of sp³-hybridized carbons (Fsp3) is 0.182. The van der Waals surface area contributed by atoms with Gasteiger partial charge in [0.1, 0.15) is 0 Å². The van der Waals surface area contributed by atoms with Crippen molar-refractivity contribution in [1.29, 1.82) is 0 Å². The van der Waals surface area contributed by atoms with E-state index in [1.807, 2.05) is 18.7 Å². The number of benzene rings is 2. The molecule has 0 spiro atoms. The van der Waals surface area contributed by atoms with Gasteiger partial charge in [0.05, 0.1) is 17.7 Å². The number of imidazole rings is 1. The highest BCUT2D eigenvalue weighted by Gasteiger charge is 2.08. The van der Waals surface area contributed by atoms with E-state index in [4.69, 9.17) is 4.99 Å². The molecule has 0 saturated carbocycles. The Hall–Kier alpha value is -2.44. The molecule has 28 heavy (non-hydrogen) atoms. The molecule has 0 aliphatic heterocycles. The summed E-state index contributed by atoms with van der Waals surface area (Å²) in [5.74, 6) is 0. The van der Waals surface area contributed by atoms with E-state index >= 15 is 0 Å². The summed E-state index contributed by atoms with van der Waals surface area (Å²) in [5.41, 5.74) is 4.63. The molecule has 0 N–H and O–H groups in total. The summed E-state index contributed by atoms with van der Waals surface area (Å²) < 4.78 is 5.52. The smallest absolute Gasteiger partial charge is 0.190 e. The number of hydrogen-bond donors (Lipinski definition) is 0. The van der Waals surface area contributed by atoms with Gasteiger partial charge in [-0.05, 0) is 43.2 Å². The number of nitrogens with zero attached hydrogens (tertiary/aromatic N) is 4. The fourth-order valence-corrected chi connectivity index (χ4v) is 4.27. The molecule has 4 nitrogen and oxygen atoms in total. The molecule has 4 aromatic rings. The van der Waals surface area contributed by atoms with Crippen molar-refractivity contribution in [2.45, 2.75) is 26.4 Å². The second kappa shape index (κ2) is 8.71. The SMILES string of the molecule is Cc1ccc(N=c2scc(-c3ccc(Br)cc3)n2CCCn2ccnc2)cc1. The summed E-state index contributed by atoms with van der Waals surface area (Å²) in [7, 11) is 0. The maximum Gasteiger partial charge on any atom is 0.190 e. The van der Waals surface area contributed by atoms with Crippen LogP contribution >= 0.6 is 27.3 Å². The second-order valence-electron chi connectivity index (χ2n) is 6.66. The van der Waals surface area contributed by atoms with Crippen LogP contribution in [0.1, 0.15) is 12.0 Å². The van der Waals surface area contributed by atoms with E-state index in [2.05, 4.69) is 90.9 Å². The summed E-state index contributed by atoms with van der Waals surface area (Å²) in [5, 5.41) is 2.20. The van der Waals surface area contributed by atoms with Crippen LogP contribution in [0.15, 0.2) is 82.1 Å². The number of rotatable bonds is 6. The molecule has 4 rings (SSSR count). The molecule has 142 valence electrons. The molecule has 2 heterocycles. The zero-order valence-electron chi connectivity index (χ0n) is 15.6. The van der Waals surface area contributed by atoms with Crippen LogP contribution in [0.25, 0.3) is 11.3 Å². The highest BCUT2D eigenvalue weighted by molar-refractivity contribution is 9.10. The molecule has 0 aliphatic rings. The molecule has 6 heteroatoms. The zero-order chi connectivity index (χ0) is 19.3. The van der Waals surface area contributed by atoms with Crippen molar-refractivity contribution in [3.8, 4) is 11.3 Å². The fourth-order valence-electron chi connectivity index (χ4n) is 3.05. The van der Waals surface area contributed by atoms with Gasteiger partial charge in [-0.3, -0.25) is 0 Å². The number of aromatic nitrogens is 3. The van der Waals surface area contributed by atoms with Crippen molar-refractivity contribution in [3.05, 3.63) is 87.5 Å². The second-order valence-corrected chi connectivity index (χ2v) is 8.42. The van der Waals surface area contributed by atoms with E-state index in [9.17, 15) is 0 Å². The highest BCUT2D eigenvalue weighted by Crippen LogP contribution is 2.23. The minimum Gasteiger partial charge on any atom is -0.337 e. The molecule has 0 fully saturated rings. The Kier molecular flexibility index (Phi) is 5.88. The molecule has 2 aromatic heterocycles. The molecule has 0 radical (unpaired) electrons. The first kappa shape index (κ1) is 18.9. The Labute approximate surface area is 177 Å². The van der Waals surface area contributed by atoms with Crippen LogP contribution in [0.2, 0.25) is 0 Å². The van der Waals surface area contributed by atoms with Gasteiger partial charge in [-0.25, -0.2) is 9.98 Å². The third-order valence-electron chi connectivity index (χ3n) is 4.55. The topological polar surface area (TPSA) is 35.1 Å². The minimum atomic E-state index is 0.901. The molecule has 0 unspecified atom stereocenters. The molecule has 0 saturated heterocycles. The third-order valence-corrected chi connectivity index (χ3v) is 5.95. The highest BCUT2D eigenvalue weighted by atomic mass is 79.9. The van der Waals surface area contributed by atoms with Gasteiger partial charge in [0.25, 0.3) is 0 Å². The summed E-state index contributed by atoms with van der Waals surface area (Å²) in [4.78, 5) is 10.1. The lowest BCUT2D eigenvalue weighted by Crippen LogP contribution is -2.17. The van der Waals surface area contributed by atoms with Crippen LogP contribution in [0.5, 0.6) is 0 Å². The first-order valence-corrected chi connectivity index (χ1v) is 10.9. The molecular formula is C22H21BrN4S. The van der Waals surface area contributed by atoms with Gasteiger partial charge in [-0.1, -0.05) is 45.8 Å². The normalized spacial score (nSPS) is 11.9. The standard InChI is InChI=1S/C22H21BrN4S/c1-17-3-9-20(10-4-17)25-22-27(13-2-12-26-14-11-24-16-26)21(15-28-22)18-5-7-19(23)8-6-18/h3-11,14-16H,2,12-13H2,1H3. The average molecular weight is 453 g/mol. The first-order chi connectivity index (χ1) is 13.7. The van der Waals surface area contributed by atoms with Crippen LogP contribution in [0, 0.1) is 6.92 Å². The van der Waals surface area contributed by atoms with E-state index in [1.165, 1.54) is 16.8 Å². The first-order valence-electron chi connectivity index (χ1n) is 9.20. The van der Waals surface area contributed by atoms with Crippen LogP contribution in [0.4, 0.5) is 5.69 Å². The van der Waals surface area contributed by atoms with Gasteiger partial charge in [-0.2, -0.15) is 0 Å². The minimum absolute atomic E-state index is 0.901. The molecule has 2 aromatic carbocycles. The maximum absolute atomic E-state index is 4.91. The van der Waals surface area contributed by atoms with Crippen molar-refractivity contribution >= 4 is 33.0 Å². The van der Waals surface area contributed by atoms with Crippen LogP contribution in [0.3, 0.4) is 0 Å². The third kappa shape index (κ3) is 4.51. The molecule has 0 aliphatic carbocycles. The quantitative estimate of drug-likeness (QED) is 0.363. The predicted octanol–water partition coefficient (Wildman–Crippen LogP) is 5.81. The van der Waals surface area contributed by atoms with E-state index < -0.39 is 0 Å². The lowest BCUT2D eigenvalue weighted by molar-refractivity contribution is 0.559. The van der Waals surface area contributed by atoms with Crippen LogP contribution in [-0.2, 0) is 13.1 Å². The van der Waals surface area contributed by atoms with Gasteiger partial charge >= 0.3 is 0 Å². The van der Waals surface area contributed by atoms with Crippen molar-refractivity contribution in [2.24, 2.45) is 4.99 Å². The number of hydrogen-bond acceptors (Lipinski definition) is 3. The van der Waals surface area contributed by atoms with Gasteiger partial charge < -0.3 is 9.13 Å². The Morgan fingerprint density at radius 1 is 1.04 bits per heavy atom.